The van der Waals surface area contributed by atoms with Crippen LogP contribution in [0.4, 0.5) is 5.69 Å². The topological polar surface area (TPSA) is 41.0 Å². The van der Waals surface area contributed by atoms with E-state index in [1.165, 1.54) is 0 Å². The third kappa shape index (κ3) is 0.903. The van der Waals surface area contributed by atoms with Crippen molar-refractivity contribution in [2.75, 3.05) is 0 Å². The summed E-state index contributed by atoms with van der Waals surface area (Å²) in [7, 11) is 0. The highest BCUT2D eigenvalue weighted by Crippen LogP contribution is 2.24. The van der Waals surface area contributed by atoms with Crippen LogP contribution in [0.3, 0.4) is 0 Å². The van der Waals surface area contributed by atoms with Crippen LogP contribution in [0, 0.1) is 5.39 Å². The molecule has 0 bridgehead atoms. The van der Waals surface area contributed by atoms with Crippen molar-refractivity contribution < 1.29 is 0 Å². The molecular weight excluding hydrogens is 150 g/mol. The summed E-state index contributed by atoms with van der Waals surface area (Å²) in [5, 5.41) is 10.5. The lowest BCUT2D eigenvalue weighted by atomic mass is 10.1. The van der Waals surface area contributed by atoms with Crippen LogP contribution in [0.15, 0.2) is 36.7 Å². The van der Waals surface area contributed by atoms with Gasteiger partial charge in [0.05, 0.1) is 5.39 Å². The minimum absolute atomic E-state index is 0.556. The highest BCUT2D eigenvalue weighted by molar-refractivity contribution is 5.93. The summed E-state index contributed by atoms with van der Waals surface area (Å²) in [6.07, 6.45) is 3.40. The zero-order valence-electron chi connectivity index (χ0n) is 6.31. The van der Waals surface area contributed by atoms with Crippen molar-refractivity contribution in [2.45, 2.75) is 0 Å². The fraction of sp³-hybridized carbons (Fsp3) is 0. The largest absolute Gasteiger partial charge is 0.394 e. The Morgan fingerprint density at radius 3 is 3.00 bits per heavy atom. The maximum atomic E-state index is 8.63. The number of pyridine rings is 1. The van der Waals surface area contributed by atoms with Crippen LogP contribution in [-0.2, 0) is 0 Å². The Labute approximate surface area is 69.3 Å². The molecule has 0 radical (unpaired) electrons. The van der Waals surface area contributed by atoms with E-state index in [1.807, 2.05) is 18.2 Å². The quantitative estimate of drug-likeness (QED) is 0.550. The molecule has 0 spiro atoms. The van der Waals surface area contributed by atoms with Gasteiger partial charge in [0.25, 0.3) is 0 Å². The molecule has 0 unspecified atom stereocenters. The Morgan fingerprint density at radius 1 is 1.25 bits per heavy atom. The number of nitrogens with zero attached hydrogens (tertiary/aromatic N) is 3. The molecular formula is C9H6N3+. The minimum Gasteiger partial charge on any atom is -0.264 e. The fourth-order valence-corrected chi connectivity index (χ4v) is 1.18. The molecule has 0 aliphatic carbocycles. The molecule has 2 aromatic rings. The second-order valence-corrected chi connectivity index (χ2v) is 2.47. The normalized spacial score (nSPS) is 9.58. The van der Waals surface area contributed by atoms with Crippen molar-refractivity contribution in [2.24, 2.45) is 0 Å². The Hall–Kier alpha value is -1.95. The number of hydrogen-bond acceptors (Lipinski definition) is 2. The van der Waals surface area contributed by atoms with Gasteiger partial charge in [-0.15, -0.1) is 0 Å². The van der Waals surface area contributed by atoms with E-state index < -0.39 is 0 Å². The van der Waals surface area contributed by atoms with E-state index in [-0.39, 0.29) is 0 Å². The molecule has 0 fully saturated rings. The summed E-state index contributed by atoms with van der Waals surface area (Å²) >= 11 is 0. The second kappa shape index (κ2) is 2.59. The van der Waals surface area contributed by atoms with Crippen LogP contribution in [0.5, 0.6) is 0 Å². The van der Waals surface area contributed by atoms with E-state index in [1.54, 1.807) is 18.5 Å². The predicted octanol–water partition coefficient (Wildman–Crippen LogP) is 2.72. The summed E-state index contributed by atoms with van der Waals surface area (Å²) < 4.78 is 0. The molecule has 0 aliphatic rings. The van der Waals surface area contributed by atoms with Crippen molar-refractivity contribution in [3.8, 4) is 0 Å². The van der Waals surface area contributed by atoms with Crippen molar-refractivity contribution in [3.05, 3.63) is 41.6 Å². The number of aromatic nitrogens is 1. The molecule has 0 N–H and O–H groups in total. The third-order valence-electron chi connectivity index (χ3n) is 1.77. The van der Waals surface area contributed by atoms with E-state index in [0.717, 1.165) is 10.8 Å². The molecule has 2 rings (SSSR count). The Balaban J connectivity index is 2.91. The first-order valence-electron chi connectivity index (χ1n) is 3.59. The van der Waals surface area contributed by atoms with E-state index in [0.29, 0.717) is 5.69 Å². The molecule has 3 heteroatoms. The molecule has 0 saturated carbocycles. The molecule has 56 valence electrons. The van der Waals surface area contributed by atoms with E-state index in [9.17, 15) is 0 Å². The van der Waals surface area contributed by atoms with Crippen LogP contribution < -0.4 is 0 Å². The summed E-state index contributed by atoms with van der Waals surface area (Å²) in [6, 6.07) is 7.41. The molecule has 0 saturated heterocycles. The van der Waals surface area contributed by atoms with Crippen LogP contribution in [-0.4, -0.2) is 4.98 Å². The first kappa shape index (κ1) is 6.74. The van der Waals surface area contributed by atoms with Crippen molar-refractivity contribution in [1.29, 1.82) is 5.39 Å². The van der Waals surface area contributed by atoms with Crippen LogP contribution in [0.2, 0.25) is 0 Å². The van der Waals surface area contributed by atoms with Gasteiger partial charge in [-0.25, -0.2) is 0 Å². The van der Waals surface area contributed by atoms with Gasteiger partial charge in [-0.2, -0.15) is 0 Å². The maximum Gasteiger partial charge on any atom is 0.394 e. The Kier molecular flexibility index (Phi) is 1.45. The molecule has 0 amide bonds. The fourth-order valence-electron chi connectivity index (χ4n) is 1.18. The monoisotopic (exact) mass is 156 g/mol. The lowest BCUT2D eigenvalue weighted by Gasteiger charge is -1.89. The van der Waals surface area contributed by atoms with E-state index in [4.69, 9.17) is 5.39 Å². The van der Waals surface area contributed by atoms with E-state index in [2.05, 4.69) is 9.96 Å². The minimum atomic E-state index is 0.556. The Morgan fingerprint density at radius 2 is 2.17 bits per heavy atom. The molecule has 1 aromatic heterocycles. The molecule has 0 atom stereocenters. The van der Waals surface area contributed by atoms with Crippen molar-refractivity contribution in [3.63, 3.8) is 0 Å². The average molecular weight is 156 g/mol. The lowest BCUT2D eigenvalue weighted by molar-refractivity contribution is 1.36. The van der Waals surface area contributed by atoms with E-state index >= 15 is 0 Å². The molecule has 1 aromatic carbocycles. The third-order valence-corrected chi connectivity index (χ3v) is 1.77. The van der Waals surface area contributed by atoms with Gasteiger partial charge in [-0.3, -0.25) is 4.98 Å². The molecule has 3 nitrogen and oxygen atoms in total. The van der Waals surface area contributed by atoms with Crippen molar-refractivity contribution in [1.82, 2.24) is 4.98 Å². The maximum absolute atomic E-state index is 8.63. The number of benzene rings is 1. The summed E-state index contributed by atoms with van der Waals surface area (Å²) in [5.74, 6) is 0. The summed E-state index contributed by atoms with van der Waals surface area (Å²) in [6.45, 7) is 0. The van der Waals surface area contributed by atoms with Crippen molar-refractivity contribution >= 4 is 16.5 Å². The average Bonchev–Trinajstić information content (AvgIpc) is 2.17. The highest BCUT2D eigenvalue weighted by Gasteiger charge is 2.08. The zero-order valence-corrected chi connectivity index (χ0v) is 6.31. The van der Waals surface area contributed by atoms with Gasteiger partial charge in [0.15, 0.2) is 4.98 Å². The van der Waals surface area contributed by atoms with Gasteiger partial charge in [-0.05, 0) is 11.5 Å². The number of rotatable bonds is 0. The number of diazo groups is 1. The first-order valence-corrected chi connectivity index (χ1v) is 3.59. The van der Waals surface area contributed by atoms with Gasteiger partial charge >= 0.3 is 5.69 Å². The van der Waals surface area contributed by atoms with Crippen LogP contribution in [0.25, 0.3) is 15.7 Å². The van der Waals surface area contributed by atoms with Gasteiger partial charge in [0.2, 0.25) is 5.39 Å². The smallest absolute Gasteiger partial charge is 0.264 e. The predicted molar refractivity (Wildman–Crippen MR) is 46.5 cm³/mol. The van der Waals surface area contributed by atoms with Gasteiger partial charge < -0.3 is 0 Å². The molecule has 12 heavy (non-hydrogen) atoms. The number of fused-ring (bicyclic) bond motifs is 1. The summed E-state index contributed by atoms with van der Waals surface area (Å²) in [4.78, 5) is 7.11. The standard InChI is InChI=1S/C9H6N3/c10-12-9-3-1-2-7-4-5-11-6-8(7)9/h1-6H/q+1. The lowest BCUT2D eigenvalue weighted by Crippen LogP contribution is -1.73. The number of hydrogen-bond donors (Lipinski definition) is 0. The first-order chi connectivity index (χ1) is 5.92. The van der Waals surface area contributed by atoms with Gasteiger partial charge in [-0.1, -0.05) is 12.1 Å². The van der Waals surface area contributed by atoms with Crippen LogP contribution >= 0.6 is 0 Å². The summed E-state index contributed by atoms with van der Waals surface area (Å²) in [5.41, 5.74) is 0.556. The zero-order chi connectivity index (χ0) is 8.39. The van der Waals surface area contributed by atoms with Gasteiger partial charge in [0, 0.05) is 18.5 Å². The molecule has 1 heterocycles. The Bertz CT molecular complexity index is 451. The highest BCUT2D eigenvalue weighted by atomic mass is 14.8. The second-order valence-electron chi connectivity index (χ2n) is 2.47. The SMILES string of the molecule is N#[N+]c1cccc2ccncc12. The van der Waals surface area contributed by atoms with Gasteiger partial charge in [0.1, 0.15) is 0 Å². The molecule has 0 aliphatic heterocycles. The van der Waals surface area contributed by atoms with Crippen LogP contribution in [0.1, 0.15) is 0 Å².